The molecule has 3 nitrogen and oxygen atoms in total. The molecule has 0 radical (unpaired) electrons. The topological polar surface area (TPSA) is 52.5 Å². The summed E-state index contributed by atoms with van der Waals surface area (Å²) in [5.74, 6) is 0.185. The molecule has 4 heteroatoms. The number of hydrogen-bond donors (Lipinski definition) is 3. The van der Waals surface area contributed by atoms with E-state index in [9.17, 15) is 14.6 Å². The van der Waals surface area contributed by atoms with Crippen LogP contribution in [0.15, 0.2) is 18.2 Å². The minimum Gasteiger partial charge on any atom is -0.508 e. The fourth-order valence-electron chi connectivity index (χ4n) is 2.65. The molecular weight excluding hydrogens is 245 g/mol. The van der Waals surface area contributed by atoms with E-state index in [1.54, 1.807) is 0 Å². The zero-order valence-electron chi connectivity index (χ0n) is 11.3. The van der Waals surface area contributed by atoms with Gasteiger partial charge in [0.25, 0.3) is 0 Å². The molecule has 1 aromatic rings. The van der Waals surface area contributed by atoms with Crippen LogP contribution in [0.5, 0.6) is 5.75 Å². The summed E-state index contributed by atoms with van der Waals surface area (Å²) >= 11 is 0. The number of nitrogens with one attached hydrogen (secondary N) is 1. The van der Waals surface area contributed by atoms with Crippen LogP contribution in [0.2, 0.25) is 0 Å². The predicted molar refractivity (Wildman–Crippen MR) is 72.4 cm³/mol. The summed E-state index contributed by atoms with van der Waals surface area (Å²) in [7, 11) is 0. The molecule has 0 saturated heterocycles. The Balaban J connectivity index is 1.83. The van der Waals surface area contributed by atoms with Crippen LogP contribution in [0.3, 0.4) is 0 Å². The number of rotatable bonds is 4. The van der Waals surface area contributed by atoms with Gasteiger partial charge in [-0.05, 0) is 49.3 Å². The minimum absolute atomic E-state index is 0.0676. The monoisotopic (exact) mass is 267 g/mol. The zero-order valence-corrected chi connectivity index (χ0v) is 11.3. The van der Waals surface area contributed by atoms with Crippen LogP contribution in [-0.2, 0) is 6.54 Å². The van der Waals surface area contributed by atoms with Gasteiger partial charge in [0.2, 0.25) is 0 Å². The van der Waals surface area contributed by atoms with Crippen molar-refractivity contribution in [3.05, 3.63) is 29.6 Å². The third kappa shape index (κ3) is 4.18. The van der Waals surface area contributed by atoms with Crippen LogP contribution in [0.1, 0.15) is 38.2 Å². The lowest BCUT2D eigenvalue weighted by molar-refractivity contribution is -0.00630. The number of hydrogen-bond acceptors (Lipinski definition) is 3. The van der Waals surface area contributed by atoms with E-state index in [1.807, 2.05) is 0 Å². The van der Waals surface area contributed by atoms with E-state index in [1.165, 1.54) is 12.1 Å². The SMILES string of the molecule is CC1CCC(O)(CNCc2cc(O)cc(F)c2)CC1. The normalized spacial score (nSPS) is 27.4. The first-order chi connectivity index (χ1) is 8.97. The van der Waals surface area contributed by atoms with Gasteiger partial charge in [-0.3, -0.25) is 0 Å². The molecule has 0 atom stereocenters. The molecule has 0 amide bonds. The Labute approximate surface area is 113 Å². The van der Waals surface area contributed by atoms with Crippen LogP contribution in [0.25, 0.3) is 0 Å². The van der Waals surface area contributed by atoms with Crippen molar-refractivity contribution in [1.29, 1.82) is 0 Å². The molecule has 0 bridgehead atoms. The lowest BCUT2D eigenvalue weighted by atomic mass is 9.79. The van der Waals surface area contributed by atoms with E-state index in [0.29, 0.717) is 24.6 Å². The molecule has 1 aromatic carbocycles. The average Bonchev–Trinajstić information content (AvgIpc) is 2.32. The van der Waals surface area contributed by atoms with Crippen molar-refractivity contribution in [3.8, 4) is 5.75 Å². The maximum absolute atomic E-state index is 13.1. The molecule has 19 heavy (non-hydrogen) atoms. The summed E-state index contributed by atoms with van der Waals surface area (Å²) in [6.07, 6.45) is 3.74. The summed E-state index contributed by atoms with van der Waals surface area (Å²) < 4.78 is 13.1. The van der Waals surface area contributed by atoms with Crippen LogP contribution in [0, 0.1) is 11.7 Å². The van der Waals surface area contributed by atoms with Crippen LogP contribution < -0.4 is 5.32 Å². The van der Waals surface area contributed by atoms with Crippen LogP contribution in [0.4, 0.5) is 4.39 Å². The standard InChI is InChI=1S/C15H22FNO2/c1-11-2-4-15(19,5-3-11)10-17-9-12-6-13(16)8-14(18)7-12/h6-8,11,17-19H,2-5,9-10H2,1H3. The maximum Gasteiger partial charge on any atom is 0.127 e. The number of aromatic hydroxyl groups is 1. The molecule has 1 aliphatic rings. The van der Waals surface area contributed by atoms with Gasteiger partial charge >= 0.3 is 0 Å². The van der Waals surface area contributed by atoms with Gasteiger partial charge in [-0.2, -0.15) is 0 Å². The molecule has 0 spiro atoms. The Morgan fingerprint density at radius 2 is 2.00 bits per heavy atom. The van der Waals surface area contributed by atoms with Crippen molar-refractivity contribution in [2.24, 2.45) is 5.92 Å². The quantitative estimate of drug-likeness (QED) is 0.786. The van der Waals surface area contributed by atoms with E-state index >= 15 is 0 Å². The Morgan fingerprint density at radius 1 is 1.32 bits per heavy atom. The molecule has 3 N–H and O–H groups in total. The van der Waals surface area contributed by atoms with Gasteiger partial charge in [-0.15, -0.1) is 0 Å². The van der Waals surface area contributed by atoms with Crippen molar-refractivity contribution in [3.63, 3.8) is 0 Å². The summed E-state index contributed by atoms with van der Waals surface area (Å²) in [6, 6.07) is 4.00. The highest BCUT2D eigenvalue weighted by atomic mass is 19.1. The molecule has 0 aliphatic heterocycles. The highest BCUT2D eigenvalue weighted by Crippen LogP contribution is 2.31. The Hall–Kier alpha value is -1.13. The Morgan fingerprint density at radius 3 is 2.63 bits per heavy atom. The molecular formula is C15H22FNO2. The smallest absolute Gasteiger partial charge is 0.127 e. The van der Waals surface area contributed by atoms with Gasteiger partial charge in [0, 0.05) is 19.2 Å². The van der Waals surface area contributed by atoms with E-state index in [-0.39, 0.29) is 5.75 Å². The van der Waals surface area contributed by atoms with E-state index < -0.39 is 11.4 Å². The first-order valence-corrected chi connectivity index (χ1v) is 6.88. The third-order valence-electron chi connectivity index (χ3n) is 3.93. The van der Waals surface area contributed by atoms with Crippen molar-refractivity contribution >= 4 is 0 Å². The summed E-state index contributed by atoms with van der Waals surface area (Å²) in [4.78, 5) is 0. The number of phenolic OH excluding ortho intramolecular Hbond substituents is 1. The van der Waals surface area contributed by atoms with Gasteiger partial charge in [0.15, 0.2) is 0 Å². The largest absolute Gasteiger partial charge is 0.508 e. The second-order valence-electron chi connectivity index (χ2n) is 5.83. The second-order valence-corrected chi connectivity index (χ2v) is 5.83. The van der Waals surface area contributed by atoms with Crippen molar-refractivity contribution < 1.29 is 14.6 Å². The third-order valence-corrected chi connectivity index (χ3v) is 3.93. The van der Waals surface area contributed by atoms with Gasteiger partial charge in [0.05, 0.1) is 5.60 Å². The molecule has 0 heterocycles. The minimum atomic E-state index is -0.637. The maximum atomic E-state index is 13.1. The molecule has 1 fully saturated rings. The molecule has 0 aromatic heterocycles. The number of benzene rings is 1. The fraction of sp³-hybridized carbons (Fsp3) is 0.600. The van der Waals surface area contributed by atoms with E-state index in [4.69, 9.17) is 0 Å². The molecule has 106 valence electrons. The second kappa shape index (κ2) is 5.88. The highest BCUT2D eigenvalue weighted by molar-refractivity contribution is 5.28. The van der Waals surface area contributed by atoms with Gasteiger partial charge < -0.3 is 15.5 Å². The lowest BCUT2D eigenvalue weighted by Crippen LogP contribution is -2.43. The van der Waals surface area contributed by atoms with Gasteiger partial charge in [-0.1, -0.05) is 6.92 Å². The molecule has 2 rings (SSSR count). The van der Waals surface area contributed by atoms with E-state index in [0.717, 1.165) is 31.7 Å². The summed E-state index contributed by atoms with van der Waals surface area (Å²) in [6.45, 7) is 3.17. The summed E-state index contributed by atoms with van der Waals surface area (Å²) in [5.41, 5.74) is 0.0484. The number of phenols is 1. The number of halogens is 1. The van der Waals surface area contributed by atoms with Gasteiger partial charge in [0.1, 0.15) is 11.6 Å². The van der Waals surface area contributed by atoms with Crippen LogP contribution >= 0.6 is 0 Å². The average molecular weight is 267 g/mol. The predicted octanol–water partition coefficient (Wildman–Crippen LogP) is 2.56. The lowest BCUT2D eigenvalue weighted by Gasteiger charge is -2.35. The van der Waals surface area contributed by atoms with Crippen molar-refractivity contribution in [1.82, 2.24) is 5.32 Å². The van der Waals surface area contributed by atoms with Crippen molar-refractivity contribution in [2.45, 2.75) is 44.8 Å². The van der Waals surface area contributed by atoms with Crippen LogP contribution in [-0.4, -0.2) is 22.4 Å². The first-order valence-electron chi connectivity index (χ1n) is 6.88. The first kappa shape index (κ1) is 14.3. The number of aliphatic hydroxyl groups is 1. The molecule has 1 aliphatic carbocycles. The zero-order chi connectivity index (χ0) is 13.9. The Bertz CT molecular complexity index is 408. The summed E-state index contributed by atoms with van der Waals surface area (Å²) in [5, 5.41) is 22.8. The Kier molecular flexibility index (Phi) is 4.42. The fourth-order valence-corrected chi connectivity index (χ4v) is 2.65. The van der Waals surface area contributed by atoms with Gasteiger partial charge in [-0.25, -0.2) is 4.39 Å². The van der Waals surface area contributed by atoms with E-state index in [2.05, 4.69) is 12.2 Å². The molecule has 0 unspecified atom stereocenters. The van der Waals surface area contributed by atoms with Crippen molar-refractivity contribution in [2.75, 3.05) is 6.54 Å². The molecule has 1 saturated carbocycles. The highest BCUT2D eigenvalue weighted by Gasteiger charge is 2.31.